The molecular formula is C10H12BrNO4. The Kier molecular flexibility index (Phi) is 4.85. The first-order valence-electron chi connectivity index (χ1n) is 4.60. The van der Waals surface area contributed by atoms with E-state index in [2.05, 4.69) is 15.9 Å². The minimum atomic E-state index is -0.432. The van der Waals surface area contributed by atoms with Crippen molar-refractivity contribution in [2.45, 2.75) is 13.0 Å². The summed E-state index contributed by atoms with van der Waals surface area (Å²) in [5, 5.41) is 10.6. The van der Waals surface area contributed by atoms with Gasteiger partial charge in [-0.05, 0) is 13.0 Å². The summed E-state index contributed by atoms with van der Waals surface area (Å²) in [7, 11) is 1.52. The van der Waals surface area contributed by atoms with Gasteiger partial charge in [-0.1, -0.05) is 15.9 Å². The Morgan fingerprint density at radius 3 is 2.81 bits per heavy atom. The molecule has 1 aromatic rings. The van der Waals surface area contributed by atoms with Crippen LogP contribution in [0.25, 0.3) is 0 Å². The first-order chi connectivity index (χ1) is 7.56. The lowest BCUT2D eigenvalue weighted by molar-refractivity contribution is -0.385. The van der Waals surface area contributed by atoms with Gasteiger partial charge < -0.3 is 9.47 Å². The van der Waals surface area contributed by atoms with Gasteiger partial charge in [-0.2, -0.15) is 0 Å². The van der Waals surface area contributed by atoms with Crippen molar-refractivity contribution in [2.24, 2.45) is 0 Å². The summed E-state index contributed by atoms with van der Waals surface area (Å²) in [6.07, 6.45) is -0.269. The van der Waals surface area contributed by atoms with Crippen LogP contribution in [0.1, 0.15) is 18.6 Å². The Morgan fingerprint density at radius 2 is 2.25 bits per heavy atom. The highest BCUT2D eigenvalue weighted by atomic mass is 79.9. The molecule has 1 unspecified atom stereocenters. The van der Waals surface area contributed by atoms with Crippen molar-refractivity contribution >= 4 is 21.6 Å². The van der Waals surface area contributed by atoms with Gasteiger partial charge in [0, 0.05) is 29.3 Å². The minimum absolute atomic E-state index is 0.0473. The van der Waals surface area contributed by atoms with Crippen molar-refractivity contribution in [3.05, 3.63) is 38.3 Å². The fraction of sp³-hybridized carbons (Fsp3) is 0.400. The van der Waals surface area contributed by atoms with Crippen LogP contribution in [0.4, 0.5) is 5.69 Å². The van der Waals surface area contributed by atoms with E-state index in [1.54, 1.807) is 6.07 Å². The van der Waals surface area contributed by atoms with Gasteiger partial charge in [0.15, 0.2) is 0 Å². The van der Waals surface area contributed by atoms with Gasteiger partial charge in [-0.25, -0.2) is 0 Å². The molecule has 88 valence electrons. The number of methoxy groups -OCH3 is 1. The molecule has 0 aliphatic carbocycles. The van der Waals surface area contributed by atoms with Crippen LogP contribution in [-0.4, -0.2) is 18.8 Å². The first-order valence-corrected chi connectivity index (χ1v) is 5.40. The van der Waals surface area contributed by atoms with Crippen molar-refractivity contribution in [1.82, 2.24) is 0 Å². The van der Waals surface area contributed by atoms with Crippen molar-refractivity contribution in [2.75, 3.05) is 13.9 Å². The topological polar surface area (TPSA) is 61.6 Å². The Balaban J connectivity index is 2.92. The zero-order valence-electron chi connectivity index (χ0n) is 8.97. The number of ether oxygens (including phenoxy) is 2. The van der Waals surface area contributed by atoms with Crippen molar-refractivity contribution < 1.29 is 14.4 Å². The molecule has 1 rings (SSSR count). The molecule has 0 aliphatic rings. The number of non-ortho nitro benzene ring substituents is 1. The Hall–Kier alpha value is -0.980. The second kappa shape index (κ2) is 5.93. The van der Waals surface area contributed by atoms with Gasteiger partial charge in [-0.3, -0.25) is 10.1 Å². The number of nitro groups is 1. The average Bonchev–Trinajstić information content (AvgIpc) is 2.26. The highest BCUT2D eigenvalue weighted by Gasteiger charge is 2.14. The molecule has 0 saturated carbocycles. The van der Waals surface area contributed by atoms with Crippen LogP contribution >= 0.6 is 15.9 Å². The normalized spacial score (nSPS) is 12.4. The molecule has 6 heteroatoms. The maximum Gasteiger partial charge on any atom is 0.269 e. The minimum Gasteiger partial charge on any atom is -0.359 e. The number of halogens is 1. The summed E-state index contributed by atoms with van der Waals surface area (Å²) < 4.78 is 10.9. The Labute approximate surface area is 102 Å². The highest BCUT2D eigenvalue weighted by Crippen LogP contribution is 2.29. The van der Waals surface area contributed by atoms with Gasteiger partial charge in [0.05, 0.1) is 11.0 Å². The highest BCUT2D eigenvalue weighted by molar-refractivity contribution is 9.10. The molecule has 0 amide bonds. The molecule has 0 spiro atoms. The van der Waals surface area contributed by atoms with Crippen LogP contribution < -0.4 is 0 Å². The number of rotatable bonds is 5. The van der Waals surface area contributed by atoms with Crippen LogP contribution in [0.15, 0.2) is 22.7 Å². The Bertz CT molecular complexity index is 383. The number of nitro benzene ring substituents is 1. The summed E-state index contributed by atoms with van der Waals surface area (Å²) in [5.74, 6) is 0. The summed E-state index contributed by atoms with van der Waals surface area (Å²) in [6.45, 7) is 1.96. The predicted molar refractivity (Wildman–Crippen MR) is 62.2 cm³/mol. The summed E-state index contributed by atoms with van der Waals surface area (Å²) >= 11 is 3.33. The third-order valence-electron chi connectivity index (χ3n) is 2.06. The maximum atomic E-state index is 10.6. The SMILES string of the molecule is COCOC(C)c1cc([N+](=O)[O-])ccc1Br. The quantitative estimate of drug-likeness (QED) is 0.475. The van der Waals surface area contributed by atoms with Gasteiger partial charge in [0.2, 0.25) is 0 Å². The van der Waals surface area contributed by atoms with Gasteiger partial charge in [0.1, 0.15) is 6.79 Å². The number of benzene rings is 1. The fourth-order valence-electron chi connectivity index (χ4n) is 1.22. The standard InChI is InChI=1S/C10H12BrNO4/c1-7(16-6-15-2)9-5-8(12(13)14)3-4-10(9)11/h3-5,7H,6H2,1-2H3. The monoisotopic (exact) mass is 289 g/mol. The lowest BCUT2D eigenvalue weighted by Crippen LogP contribution is -2.04. The zero-order chi connectivity index (χ0) is 12.1. The molecule has 1 aromatic carbocycles. The van der Waals surface area contributed by atoms with Gasteiger partial charge in [-0.15, -0.1) is 0 Å². The molecule has 0 N–H and O–H groups in total. The van der Waals surface area contributed by atoms with Crippen LogP contribution in [0.5, 0.6) is 0 Å². The molecule has 16 heavy (non-hydrogen) atoms. The zero-order valence-corrected chi connectivity index (χ0v) is 10.6. The average molecular weight is 290 g/mol. The molecule has 0 bridgehead atoms. The summed E-state index contributed by atoms with van der Waals surface area (Å²) in [6, 6.07) is 4.57. The molecule has 0 saturated heterocycles. The number of nitrogens with zero attached hydrogens (tertiary/aromatic N) is 1. The lowest BCUT2D eigenvalue weighted by Gasteiger charge is -2.13. The van der Waals surface area contributed by atoms with Gasteiger partial charge in [0.25, 0.3) is 5.69 Å². The van der Waals surface area contributed by atoms with Crippen molar-refractivity contribution in [1.29, 1.82) is 0 Å². The van der Waals surface area contributed by atoms with Gasteiger partial charge >= 0.3 is 0 Å². The van der Waals surface area contributed by atoms with Crippen LogP contribution in [-0.2, 0) is 9.47 Å². The smallest absolute Gasteiger partial charge is 0.269 e. The second-order valence-electron chi connectivity index (χ2n) is 3.18. The van der Waals surface area contributed by atoms with Crippen LogP contribution in [0.3, 0.4) is 0 Å². The van der Waals surface area contributed by atoms with E-state index in [0.29, 0.717) is 0 Å². The molecule has 0 radical (unpaired) electrons. The second-order valence-corrected chi connectivity index (χ2v) is 4.03. The van der Waals surface area contributed by atoms with E-state index < -0.39 is 4.92 Å². The molecule has 0 aromatic heterocycles. The Morgan fingerprint density at radius 1 is 1.56 bits per heavy atom. The largest absolute Gasteiger partial charge is 0.359 e. The van der Waals surface area contributed by atoms with E-state index in [4.69, 9.17) is 9.47 Å². The number of hydrogen-bond acceptors (Lipinski definition) is 4. The number of hydrogen-bond donors (Lipinski definition) is 0. The summed E-state index contributed by atoms with van der Waals surface area (Å²) in [5.41, 5.74) is 0.775. The first kappa shape index (κ1) is 13.1. The van der Waals surface area contributed by atoms with Crippen LogP contribution in [0, 0.1) is 10.1 Å². The third kappa shape index (κ3) is 3.26. The molecule has 5 nitrogen and oxygen atoms in total. The van der Waals surface area contributed by atoms with E-state index in [-0.39, 0.29) is 18.6 Å². The maximum absolute atomic E-state index is 10.6. The third-order valence-corrected chi connectivity index (χ3v) is 2.79. The molecular weight excluding hydrogens is 278 g/mol. The summed E-state index contributed by atoms with van der Waals surface area (Å²) in [4.78, 5) is 10.2. The fourth-order valence-corrected chi connectivity index (χ4v) is 1.79. The van der Waals surface area contributed by atoms with E-state index >= 15 is 0 Å². The van der Waals surface area contributed by atoms with Crippen LogP contribution in [0.2, 0.25) is 0 Å². The molecule has 0 aliphatic heterocycles. The molecule has 0 heterocycles. The van der Waals surface area contributed by atoms with E-state index in [1.165, 1.54) is 19.2 Å². The lowest BCUT2D eigenvalue weighted by atomic mass is 10.1. The predicted octanol–water partition coefficient (Wildman–Crippen LogP) is 3.04. The van der Waals surface area contributed by atoms with E-state index in [0.717, 1.165) is 10.0 Å². The van der Waals surface area contributed by atoms with E-state index in [1.807, 2.05) is 6.92 Å². The van der Waals surface area contributed by atoms with Crippen molar-refractivity contribution in [3.8, 4) is 0 Å². The molecule has 0 fully saturated rings. The molecule has 1 atom stereocenters. The van der Waals surface area contributed by atoms with Crippen molar-refractivity contribution in [3.63, 3.8) is 0 Å². The van der Waals surface area contributed by atoms with E-state index in [9.17, 15) is 10.1 Å².